The number of rotatable bonds is 7. The number of aromatic amines is 1. The van der Waals surface area contributed by atoms with Crippen molar-refractivity contribution in [2.75, 3.05) is 11.1 Å². The zero-order chi connectivity index (χ0) is 21.6. The monoisotopic (exact) mass is 430 g/mol. The lowest BCUT2D eigenvalue weighted by molar-refractivity contribution is -0.113. The van der Waals surface area contributed by atoms with Gasteiger partial charge >= 0.3 is 0 Å². The van der Waals surface area contributed by atoms with E-state index in [9.17, 15) is 9.59 Å². The molecule has 0 saturated heterocycles. The Kier molecular flexibility index (Phi) is 6.33. The number of fused-ring (bicyclic) bond motifs is 1. The van der Waals surface area contributed by atoms with E-state index in [1.807, 2.05) is 61.5 Å². The Bertz CT molecular complexity index is 1170. The van der Waals surface area contributed by atoms with E-state index >= 15 is 0 Å². The Morgan fingerprint density at radius 1 is 0.968 bits per heavy atom. The van der Waals surface area contributed by atoms with E-state index in [0.29, 0.717) is 16.4 Å². The molecule has 3 aromatic carbocycles. The van der Waals surface area contributed by atoms with E-state index in [2.05, 4.69) is 20.6 Å². The van der Waals surface area contributed by atoms with E-state index in [0.717, 1.165) is 16.6 Å². The number of nitrogens with one attached hydrogen (secondary N) is 3. The lowest BCUT2D eigenvalue weighted by atomic mass is 10.1. The van der Waals surface area contributed by atoms with Gasteiger partial charge in [-0.3, -0.25) is 9.59 Å². The van der Waals surface area contributed by atoms with E-state index in [-0.39, 0.29) is 23.6 Å². The maximum atomic E-state index is 12.8. The van der Waals surface area contributed by atoms with Crippen LogP contribution in [0.4, 0.5) is 5.69 Å². The molecule has 2 amide bonds. The van der Waals surface area contributed by atoms with Gasteiger partial charge in [-0.15, -0.1) is 0 Å². The van der Waals surface area contributed by atoms with Crippen molar-refractivity contribution in [1.82, 2.24) is 15.3 Å². The second-order valence-corrected chi connectivity index (χ2v) is 8.01. The number of hydrogen-bond acceptors (Lipinski definition) is 4. The van der Waals surface area contributed by atoms with Gasteiger partial charge in [0, 0.05) is 0 Å². The third kappa shape index (κ3) is 5.13. The third-order valence-electron chi connectivity index (χ3n) is 4.80. The normalized spacial score (nSPS) is 11.8. The number of carbonyl (C=O) groups excluding carboxylic acids is 2. The van der Waals surface area contributed by atoms with Gasteiger partial charge in [-0.05, 0) is 36.8 Å². The van der Waals surface area contributed by atoms with Gasteiger partial charge in [0.2, 0.25) is 5.91 Å². The van der Waals surface area contributed by atoms with Crippen molar-refractivity contribution in [2.45, 2.75) is 18.1 Å². The van der Waals surface area contributed by atoms with E-state index in [1.54, 1.807) is 24.3 Å². The van der Waals surface area contributed by atoms with Crippen LogP contribution in [0.1, 0.15) is 28.9 Å². The predicted octanol–water partition coefficient (Wildman–Crippen LogP) is 4.78. The van der Waals surface area contributed by atoms with Crippen LogP contribution in [0, 0.1) is 0 Å². The molecule has 0 saturated carbocycles. The molecule has 1 unspecified atom stereocenters. The van der Waals surface area contributed by atoms with Crippen molar-refractivity contribution in [2.24, 2.45) is 0 Å². The fraction of sp³-hybridized carbons (Fsp3) is 0.125. The number of hydrogen-bond donors (Lipinski definition) is 3. The van der Waals surface area contributed by atoms with Crippen LogP contribution < -0.4 is 10.6 Å². The molecule has 0 radical (unpaired) electrons. The minimum absolute atomic E-state index is 0.152. The van der Waals surface area contributed by atoms with E-state index in [1.165, 1.54) is 11.8 Å². The molecule has 0 fully saturated rings. The Morgan fingerprint density at radius 3 is 2.48 bits per heavy atom. The van der Waals surface area contributed by atoms with Gasteiger partial charge in [0.05, 0.1) is 34.1 Å². The predicted molar refractivity (Wildman–Crippen MR) is 124 cm³/mol. The third-order valence-corrected chi connectivity index (χ3v) is 5.67. The highest BCUT2D eigenvalue weighted by molar-refractivity contribution is 7.99. The first kappa shape index (κ1) is 20.7. The summed E-state index contributed by atoms with van der Waals surface area (Å²) in [7, 11) is 0. The standard InChI is InChI=1S/C24H22N4O2S/c1-16(17-9-3-2-4-10-17)25-23(30)18-11-5-6-12-19(18)26-22(29)15-31-24-27-20-13-7-8-14-21(20)28-24/h2-14,16H,15H2,1H3,(H,25,30)(H,26,29)(H,27,28). The minimum Gasteiger partial charge on any atom is -0.345 e. The fourth-order valence-corrected chi connectivity index (χ4v) is 3.89. The lowest BCUT2D eigenvalue weighted by Crippen LogP contribution is -2.28. The van der Waals surface area contributed by atoms with E-state index < -0.39 is 0 Å². The minimum atomic E-state index is -0.239. The Labute approximate surface area is 184 Å². The summed E-state index contributed by atoms with van der Waals surface area (Å²) in [6, 6.07) is 24.3. The first-order chi connectivity index (χ1) is 15.1. The van der Waals surface area contributed by atoms with Gasteiger partial charge in [0.25, 0.3) is 5.91 Å². The molecular formula is C24H22N4O2S. The topological polar surface area (TPSA) is 86.9 Å². The molecule has 1 aromatic heterocycles. The van der Waals surface area contributed by atoms with Crippen LogP contribution in [-0.4, -0.2) is 27.5 Å². The zero-order valence-electron chi connectivity index (χ0n) is 17.0. The second-order valence-electron chi connectivity index (χ2n) is 7.05. The molecule has 6 nitrogen and oxygen atoms in total. The molecule has 4 rings (SSSR count). The quantitative estimate of drug-likeness (QED) is 0.368. The van der Waals surface area contributed by atoms with Gasteiger partial charge in [0.15, 0.2) is 5.16 Å². The molecule has 0 spiro atoms. The van der Waals surface area contributed by atoms with Crippen LogP contribution >= 0.6 is 11.8 Å². The number of anilines is 1. The average Bonchev–Trinajstić information content (AvgIpc) is 3.22. The first-order valence-electron chi connectivity index (χ1n) is 9.92. The summed E-state index contributed by atoms with van der Waals surface area (Å²) >= 11 is 1.32. The number of aromatic nitrogens is 2. The summed E-state index contributed by atoms with van der Waals surface area (Å²) in [5.41, 5.74) is 3.71. The highest BCUT2D eigenvalue weighted by atomic mass is 32.2. The number of H-pyrrole nitrogens is 1. The maximum Gasteiger partial charge on any atom is 0.253 e. The van der Waals surface area contributed by atoms with Crippen molar-refractivity contribution >= 4 is 40.3 Å². The number of nitrogens with zero attached hydrogens (tertiary/aromatic N) is 1. The average molecular weight is 431 g/mol. The first-order valence-corrected chi connectivity index (χ1v) is 10.9. The highest BCUT2D eigenvalue weighted by Gasteiger charge is 2.16. The van der Waals surface area contributed by atoms with Crippen molar-refractivity contribution in [3.05, 3.63) is 90.0 Å². The number of carbonyl (C=O) groups is 2. The van der Waals surface area contributed by atoms with Gasteiger partial charge in [0.1, 0.15) is 0 Å². The van der Waals surface area contributed by atoms with Crippen LogP contribution in [0.25, 0.3) is 11.0 Å². The van der Waals surface area contributed by atoms with Crippen molar-refractivity contribution in [1.29, 1.82) is 0 Å². The van der Waals surface area contributed by atoms with Gasteiger partial charge in [-0.1, -0.05) is 66.4 Å². The second kappa shape index (κ2) is 9.49. The number of benzene rings is 3. The summed E-state index contributed by atoms with van der Waals surface area (Å²) in [6.45, 7) is 1.93. The molecule has 3 N–H and O–H groups in total. The molecule has 1 atom stereocenters. The molecule has 31 heavy (non-hydrogen) atoms. The summed E-state index contributed by atoms with van der Waals surface area (Å²) < 4.78 is 0. The maximum absolute atomic E-state index is 12.8. The van der Waals surface area contributed by atoms with Crippen LogP contribution in [0.15, 0.2) is 84.0 Å². The molecule has 0 aliphatic carbocycles. The molecule has 0 aliphatic heterocycles. The Hall–Kier alpha value is -3.58. The van der Waals surface area contributed by atoms with Crippen molar-refractivity contribution in [3.63, 3.8) is 0 Å². The van der Waals surface area contributed by atoms with Crippen LogP contribution in [0.5, 0.6) is 0 Å². The number of para-hydroxylation sites is 3. The summed E-state index contributed by atoms with van der Waals surface area (Å²) in [5.74, 6) is -0.269. The summed E-state index contributed by atoms with van der Waals surface area (Å²) in [4.78, 5) is 33.0. The highest BCUT2D eigenvalue weighted by Crippen LogP contribution is 2.21. The molecule has 4 aromatic rings. The van der Waals surface area contributed by atoms with Gasteiger partial charge in [-0.25, -0.2) is 4.98 Å². The van der Waals surface area contributed by atoms with Crippen LogP contribution in [-0.2, 0) is 4.79 Å². The smallest absolute Gasteiger partial charge is 0.253 e. The number of thioether (sulfide) groups is 1. The lowest BCUT2D eigenvalue weighted by Gasteiger charge is -2.16. The molecule has 156 valence electrons. The Balaban J connectivity index is 1.39. The molecule has 0 bridgehead atoms. The zero-order valence-corrected chi connectivity index (χ0v) is 17.8. The van der Waals surface area contributed by atoms with Gasteiger partial charge < -0.3 is 15.6 Å². The van der Waals surface area contributed by atoms with Crippen LogP contribution in [0.2, 0.25) is 0 Å². The number of amides is 2. The fourth-order valence-electron chi connectivity index (χ4n) is 3.21. The molecule has 0 aliphatic rings. The summed E-state index contributed by atoms with van der Waals surface area (Å²) in [6.07, 6.45) is 0. The van der Waals surface area contributed by atoms with E-state index in [4.69, 9.17) is 0 Å². The largest absolute Gasteiger partial charge is 0.345 e. The molecule has 7 heteroatoms. The molecular weight excluding hydrogens is 408 g/mol. The number of imidazole rings is 1. The summed E-state index contributed by atoms with van der Waals surface area (Å²) in [5, 5.41) is 6.51. The van der Waals surface area contributed by atoms with Crippen molar-refractivity contribution in [3.8, 4) is 0 Å². The Morgan fingerprint density at radius 2 is 1.68 bits per heavy atom. The SMILES string of the molecule is CC(NC(=O)c1ccccc1NC(=O)CSc1nc2ccccc2[nH]1)c1ccccc1. The van der Waals surface area contributed by atoms with Crippen LogP contribution in [0.3, 0.4) is 0 Å². The molecule has 1 heterocycles. The van der Waals surface area contributed by atoms with Gasteiger partial charge in [-0.2, -0.15) is 0 Å². The van der Waals surface area contributed by atoms with Crippen molar-refractivity contribution < 1.29 is 9.59 Å².